The molecule has 2 aromatic carbocycles. The molecule has 0 bridgehead atoms. The van der Waals surface area contributed by atoms with E-state index in [1.807, 2.05) is 38.1 Å². The molecule has 0 aromatic heterocycles. The maximum atomic E-state index is 12.5. The van der Waals surface area contributed by atoms with Crippen molar-refractivity contribution in [1.29, 1.82) is 0 Å². The standard InChI is InChI=1S/C27H35NO4/c1-4-17-27(31,5-2)25(29)16-10-11-18-28(3)26(30)32-19-24-22-14-8-6-12-20(22)21-13-7-9-15-23(21)24/h6-9,12-15,24,31H,4-5,10-11,16-19H2,1-3H3. The molecule has 1 aliphatic rings. The van der Waals surface area contributed by atoms with E-state index in [9.17, 15) is 14.7 Å². The average Bonchev–Trinajstić information content (AvgIpc) is 3.13. The number of unbranched alkanes of at least 4 members (excludes halogenated alkanes) is 1. The number of carbonyl (C=O) groups excluding carboxylic acids is 2. The zero-order valence-corrected chi connectivity index (χ0v) is 19.5. The van der Waals surface area contributed by atoms with E-state index in [1.165, 1.54) is 22.3 Å². The summed E-state index contributed by atoms with van der Waals surface area (Å²) in [4.78, 5) is 26.5. The summed E-state index contributed by atoms with van der Waals surface area (Å²) in [5.41, 5.74) is 3.60. The van der Waals surface area contributed by atoms with Gasteiger partial charge in [0.15, 0.2) is 5.78 Å². The number of nitrogens with zero attached hydrogens (tertiary/aromatic N) is 1. The third kappa shape index (κ3) is 5.21. The Morgan fingerprint density at radius 3 is 2.16 bits per heavy atom. The van der Waals surface area contributed by atoms with Gasteiger partial charge in [-0.15, -0.1) is 0 Å². The van der Waals surface area contributed by atoms with Gasteiger partial charge in [-0.1, -0.05) is 68.8 Å². The summed E-state index contributed by atoms with van der Waals surface area (Å²) in [5.74, 6) is -0.0479. The maximum absolute atomic E-state index is 12.5. The fourth-order valence-corrected chi connectivity index (χ4v) is 4.59. The van der Waals surface area contributed by atoms with E-state index in [0.717, 1.165) is 6.42 Å². The van der Waals surface area contributed by atoms with Crippen LogP contribution in [-0.2, 0) is 9.53 Å². The predicted octanol–water partition coefficient (Wildman–Crippen LogP) is 5.55. The molecule has 5 nitrogen and oxygen atoms in total. The van der Waals surface area contributed by atoms with Gasteiger partial charge in [-0.3, -0.25) is 4.79 Å². The second-order valence-electron chi connectivity index (χ2n) is 8.74. The molecular formula is C27H35NO4. The molecule has 1 amide bonds. The third-order valence-corrected chi connectivity index (χ3v) is 6.56. The first-order chi connectivity index (χ1) is 15.4. The smallest absolute Gasteiger partial charge is 0.409 e. The summed E-state index contributed by atoms with van der Waals surface area (Å²) in [5, 5.41) is 10.5. The number of ether oxygens (including phenoxy) is 1. The molecule has 0 heterocycles. The Labute approximate surface area is 191 Å². The highest BCUT2D eigenvalue weighted by atomic mass is 16.6. The van der Waals surface area contributed by atoms with Gasteiger partial charge < -0.3 is 14.7 Å². The van der Waals surface area contributed by atoms with Gasteiger partial charge in [0.1, 0.15) is 12.2 Å². The molecular weight excluding hydrogens is 402 g/mol. The molecule has 3 rings (SSSR count). The van der Waals surface area contributed by atoms with E-state index in [1.54, 1.807) is 11.9 Å². The summed E-state index contributed by atoms with van der Waals surface area (Å²) < 4.78 is 5.66. The van der Waals surface area contributed by atoms with Crippen molar-refractivity contribution in [2.24, 2.45) is 0 Å². The van der Waals surface area contributed by atoms with Crippen LogP contribution in [0.15, 0.2) is 48.5 Å². The van der Waals surface area contributed by atoms with Crippen LogP contribution in [-0.4, -0.2) is 47.7 Å². The van der Waals surface area contributed by atoms with Gasteiger partial charge >= 0.3 is 6.09 Å². The van der Waals surface area contributed by atoms with E-state index in [4.69, 9.17) is 4.74 Å². The van der Waals surface area contributed by atoms with Crippen molar-refractivity contribution in [1.82, 2.24) is 4.90 Å². The van der Waals surface area contributed by atoms with Crippen LogP contribution >= 0.6 is 0 Å². The number of carbonyl (C=O) groups is 2. The molecule has 32 heavy (non-hydrogen) atoms. The number of Topliss-reactive ketones (excluding diaryl/α,β-unsaturated/α-hetero) is 1. The number of hydrogen-bond donors (Lipinski definition) is 1. The summed E-state index contributed by atoms with van der Waals surface area (Å²) in [6.07, 6.45) is 3.05. The number of aliphatic hydroxyl groups is 1. The number of hydrogen-bond acceptors (Lipinski definition) is 4. The van der Waals surface area contributed by atoms with Crippen molar-refractivity contribution >= 4 is 11.9 Å². The molecule has 0 radical (unpaired) electrons. The highest BCUT2D eigenvalue weighted by Crippen LogP contribution is 2.44. The SMILES string of the molecule is CCCC(O)(CC)C(=O)CCCCN(C)C(=O)OCC1c2ccccc2-c2ccccc21. The average molecular weight is 438 g/mol. The van der Waals surface area contributed by atoms with Gasteiger partial charge in [0.2, 0.25) is 0 Å². The third-order valence-electron chi connectivity index (χ3n) is 6.56. The van der Waals surface area contributed by atoms with Gasteiger partial charge in [0.05, 0.1) is 0 Å². The van der Waals surface area contributed by atoms with Crippen LogP contribution in [0, 0.1) is 0 Å². The first kappa shape index (κ1) is 24.0. The van der Waals surface area contributed by atoms with Gasteiger partial charge in [0.25, 0.3) is 0 Å². The first-order valence-electron chi connectivity index (χ1n) is 11.7. The molecule has 2 aromatic rings. The fraction of sp³-hybridized carbons (Fsp3) is 0.481. The van der Waals surface area contributed by atoms with E-state index in [2.05, 4.69) is 24.3 Å². The maximum Gasteiger partial charge on any atom is 0.409 e. The van der Waals surface area contributed by atoms with Gasteiger partial charge in [0, 0.05) is 25.9 Å². The Morgan fingerprint density at radius 1 is 1.00 bits per heavy atom. The molecule has 0 aliphatic heterocycles. The fourth-order valence-electron chi connectivity index (χ4n) is 4.59. The van der Waals surface area contributed by atoms with Crippen molar-refractivity contribution in [2.45, 2.75) is 63.9 Å². The van der Waals surface area contributed by atoms with Gasteiger partial charge in [-0.05, 0) is 47.9 Å². The minimum absolute atomic E-state index is 0.0441. The molecule has 0 saturated heterocycles. The van der Waals surface area contributed by atoms with Crippen molar-refractivity contribution in [3.63, 3.8) is 0 Å². The quantitative estimate of drug-likeness (QED) is 0.468. The zero-order valence-electron chi connectivity index (χ0n) is 19.5. The van der Waals surface area contributed by atoms with Crippen LogP contribution in [0.4, 0.5) is 4.79 Å². The Kier molecular flexibility index (Phi) is 8.08. The van der Waals surface area contributed by atoms with Gasteiger partial charge in [-0.2, -0.15) is 0 Å². The lowest BCUT2D eigenvalue weighted by Gasteiger charge is -2.25. The van der Waals surface area contributed by atoms with Crippen LogP contribution in [0.2, 0.25) is 0 Å². The molecule has 1 atom stereocenters. The van der Waals surface area contributed by atoms with Crippen LogP contribution in [0.1, 0.15) is 69.4 Å². The van der Waals surface area contributed by atoms with Crippen LogP contribution in [0.3, 0.4) is 0 Å². The number of benzene rings is 2. The van der Waals surface area contributed by atoms with E-state index in [-0.39, 0.29) is 17.8 Å². The van der Waals surface area contributed by atoms with E-state index in [0.29, 0.717) is 45.3 Å². The minimum atomic E-state index is -1.20. The number of ketones is 1. The molecule has 172 valence electrons. The monoisotopic (exact) mass is 437 g/mol. The van der Waals surface area contributed by atoms with Crippen molar-refractivity contribution in [3.8, 4) is 11.1 Å². The predicted molar refractivity (Wildman–Crippen MR) is 127 cm³/mol. The Balaban J connectivity index is 1.47. The first-order valence-corrected chi connectivity index (χ1v) is 11.7. The second kappa shape index (κ2) is 10.8. The molecule has 0 saturated carbocycles. The number of fused-ring (bicyclic) bond motifs is 3. The van der Waals surface area contributed by atoms with E-state index >= 15 is 0 Å². The number of amides is 1. The lowest BCUT2D eigenvalue weighted by atomic mass is 9.87. The van der Waals surface area contributed by atoms with Crippen LogP contribution < -0.4 is 0 Å². The Morgan fingerprint density at radius 2 is 1.59 bits per heavy atom. The van der Waals surface area contributed by atoms with Gasteiger partial charge in [-0.25, -0.2) is 4.79 Å². The molecule has 1 N–H and O–H groups in total. The lowest BCUT2D eigenvalue weighted by Crippen LogP contribution is -2.37. The topological polar surface area (TPSA) is 66.8 Å². The van der Waals surface area contributed by atoms with Crippen molar-refractivity contribution in [2.75, 3.05) is 20.2 Å². The normalized spacial score (nSPS) is 14.4. The lowest BCUT2D eigenvalue weighted by molar-refractivity contribution is -0.138. The summed E-state index contributed by atoms with van der Waals surface area (Å²) in [6.45, 7) is 4.63. The molecule has 0 spiro atoms. The van der Waals surface area contributed by atoms with Crippen molar-refractivity contribution < 1.29 is 19.4 Å². The minimum Gasteiger partial charge on any atom is -0.448 e. The molecule has 1 aliphatic carbocycles. The largest absolute Gasteiger partial charge is 0.448 e. The van der Waals surface area contributed by atoms with Crippen LogP contribution in [0.25, 0.3) is 11.1 Å². The summed E-state index contributed by atoms with van der Waals surface area (Å²) in [7, 11) is 1.72. The summed E-state index contributed by atoms with van der Waals surface area (Å²) in [6, 6.07) is 16.5. The molecule has 0 fully saturated rings. The Hall–Kier alpha value is -2.66. The highest BCUT2D eigenvalue weighted by molar-refractivity contribution is 5.86. The Bertz CT molecular complexity index is 895. The van der Waals surface area contributed by atoms with Crippen molar-refractivity contribution in [3.05, 3.63) is 59.7 Å². The second-order valence-corrected chi connectivity index (χ2v) is 8.74. The van der Waals surface area contributed by atoms with Crippen LogP contribution in [0.5, 0.6) is 0 Å². The highest BCUT2D eigenvalue weighted by Gasteiger charge is 2.32. The molecule has 1 unspecified atom stereocenters. The van der Waals surface area contributed by atoms with E-state index < -0.39 is 5.60 Å². The molecule has 5 heteroatoms. The zero-order chi connectivity index (χ0) is 23.1. The number of rotatable bonds is 11. The summed E-state index contributed by atoms with van der Waals surface area (Å²) >= 11 is 0.